The van der Waals surface area contributed by atoms with Gasteiger partial charge in [0.25, 0.3) is 5.91 Å². The fourth-order valence-electron chi connectivity index (χ4n) is 2.87. The maximum absolute atomic E-state index is 12.6. The number of hydrogen-bond acceptors (Lipinski definition) is 5. The molecule has 0 aliphatic carbocycles. The molecule has 0 aromatic heterocycles. The Morgan fingerprint density at radius 3 is 2.48 bits per heavy atom. The predicted octanol–water partition coefficient (Wildman–Crippen LogP) is 3.05. The Morgan fingerprint density at radius 2 is 1.86 bits per heavy atom. The first-order valence-corrected chi connectivity index (χ1v) is 11.5. The van der Waals surface area contributed by atoms with E-state index in [0.717, 1.165) is 10.9 Å². The molecule has 0 unspecified atom stereocenters. The molecule has 1 heterocycles. The first kappa shape index (κ1) is 21.8. The number of ether oxygens (including phenoxy) is 2. The standard InChI is InChI=1S/C20H23BrN2O5S/c1-2-15-3-8-19(18(21)13-15)28-14-20(24)22-16-4-6-17(7-5-16)29(25,26)23-9-11-27-12-10-23/h3-8,13H,2,9-12,14H2,1H3,(H,22,24). The van der Waals surface area contributed by atoms with Crippen LogP contribution in [-0.2, 0) is 26.0 Å². The van der Waals surface area contributed by atoms with Gasteiger partial charge >= 0.3 is 0 Å². The number of anilines is 1. The van der Waals surface area contributed by atoms with Gasteiger partial charge in [-0.25, -0.2) is 8.42 Å². The van der Waals surface area contributed by atoms with E-state index in [1.54, 1.807) is 12.1 Å². The summed E-state index contributed by atoms with van der Waals surface area (Å²) in [4.78, 5) is 12.3. The number of carbonyl (C=O) groups excluding carboxylic acids is 1. The molecule has 3 rings (SSSR count). The van der Waals surface area contributed by atoms with Crippen LogP contribution in [0.4, 0.5) is 5.69 Å². The van der Waals surface area contributed by atoms with Crippen LogP contribution in [0.15, 0.2) is 51.8 Å². The van der Waals surface area contributed by atoms with Crippen molar-refractivity contribution in [2.45, 2.75) is 18.2 Å². The molecule has 1 N–H and O–H groups in total. The Morgan fingerprint density at radius 1 is 1.17 bits per heavy atom. The number of halogens is 1. The van der Waals surface area contributed by atoms with Crippen LogP contribution >= 0.6 is 15.9 Å². The van der Waals surface area contributed by atoms with E-state index in [9.17, 15) is 13.2 Å². The topological polar surface area (TPSA) is 84.9 Å². The lowest BCUT2D eigenvalue weighted by atomic mass is 10.2. The van der Waals surface area contributed by atoms with E-state index in [-0.39, 0.29) is 17.4 Å². The number of morpholine rings is 1. The van der Waals surface area contributed by atoms with Gasteiger partial charge in [-0.1, -0.05) is 13.0 Å². The van der Waals surface area contributed by atoms with E-state index in [1.165, 1.54) is 22.0 Å². The van der Waals surface area contributed by atoms with Gasteiger partial charge in [0.15, 0.2) is 6.61 Å². The van der Waals surface area contributed by atoms with Crippen LogP contribution in [0.1, 0.15) is 12.5 Å². The van der Waals surface area contributed by atoms with Crippen molar-refractivity contribution in [1.29, 1.82) is 0 Å². The van der Waals surface area contributed by atoms with Crippen LogP contribution in [0.3, 0.4) is 0 Å². The predicted molar refractivity (Wildman–Crippen MR) is 114 cm³/mol. The molecule has 0 atom stereocenters. The van der Waals surface area contributed by atoms with Gasteiger partial charge in [0.05, 0.1) is 22.6 Å². The minimum Gasteiger partial charge on any atom is -0.483 e. The van der Waals surface area contributed by atoms with Gasteiger partial charge in [0.2, 0.25) is 10.0 Å². The average Bonchev–Trinajstić information content (AvgIpc) is 2.74. The Hall–Kier alpha value is -1.94. The Kier molecular flexibility index (Phi) is 7.28. The molecule has 1 aliphatic rings. The minimum atomic E-state index is -3.55. The second kappa shape index (κ2) is 9.71. The molecule has 1 amide bonds. The molecule has 1 aliphatic heterocycles. The lowest BCUT2D eigenvalue weighted by Gasteiger charge is -2.26. The molecule has 0 saturated carbocycles. The highest BCUT2D eigenvalue weighted by Crippen LogP contribution is 2.26. The van der Waals surface area contributed by atoms with Gasteiger partial charge < -0.3 is 14.8 Å². The summed E-state index contributed by atoms with van der Waals surface area (Å²) in [6.45, 7) is 3.38. The number of aryl methyl sites for hydroxylation is 1. The third-order valence-corrected chi connectivity index (χ3v) is 7.04. The highest BCUT2D eigenvalue weighted by Gasteiger charge is 2.26. The maximum Gasteiger partial charge on any atom is 0.262 e. The summed E-state index contributed by atoms with van der Waals surface area (Å²) in [5.41, 5.74) is 1.67. The zero-order chi connectivity index (χ0) is 20.9. The van der Waals surface area contributed by atoms with Crippen molar-refractivity contribution in [1.82, 2.24) is 4.31 Å². The number of benzene rings is 2. The number of sulfonamides is 1. The van der Waals surface area contributed by atoms with Gasteiger partial charge in [-0.15, -0.1) is 0 Å². The first-order chi connectivity index (χ1) is 13.9. The van der Waals surface area contributed by atoms with Crippen molar-refractivity contribution < 1.29 is 22.7 Å². The quantitative estimate of drug-likeness (QED) is 0.655. The van der Waals surface area contributed by atoms with Crippen LogP contribution in [0.25, 0.3) is 0 Å². The van der Waals surface area contributed by atoms with E-state index in [4.69, 9.17) is 9.47 Å². The molecule has 0 spiro atoms. The average molecular weight is 483 g/mol. The molecule has 0 bridgehead atoms. The molecule has 2 aromatic carbocycles. The van der Waals surface area contributed by atoms with E-state index in [2.05, 4.69) is 28.2 Å². The lowest BCUT2D eigenvalue weighted by Crippen LogP contribution is -2.40. The third-order valence-electron chi connectivity index (χ3n) is 4.51. The Bertz CT molecular complexity index is 957. The van der Waals surface area contributed by atoms with Crippen LogP contribution in [0.2, 0.25) is 0 Å². The number of carbonyl (C=O) groups is 1. The highest BCUT2D eigenvalue weighted by atomic mass is 79.9. The van der Waals surface area contributed by atoms with Crippen molar-refractivity contribution >= 4 is 37.5 Å². The molecule has 1 saturated heterocycles. The van der Waals surface area contributed by atoms with Crippen molar-refractivity contribution in [3.05, 3.63) is 52.5 Å². The summed E-state index contributed by atoms with van der Waals surface area (Å²) in [5, 5.41) is 2.70. The second-order valence-corrected chi connectivity index (χ2v) is 9.29. The van der Waals surface area contributed by atoms with E-state index in [1.807, 2.05) is 18.2 Å². The molecule has 0 radical (unpaired) electrons. The van der Waals surface area contributed by atoms with Crippen LogP contribution in [0.5, 0.6) is 5.75 Å². The van der Waals surface area contributed by atoms with Crippen molar-refractivity contribution in [2.75, 3.05) is 38.2 Å². The van der Waals surface area contributed by atoms with Gasteiger partial charge in [-0.2, -0.15) is 4.31 Å². The van der Waals surface area contributed by atoms with Crippen molar-refractivity contribution in [2.24, 2.45) is 0 Å². The van der Waals surface area contributed by atoms with Gasteiger partial charge in [0.1, 0.15) is 5.75 Å². The minimum absolute atomic E-state index is 0.155. The molecule has 7 nitrogen and oxygen atoms in total. The van der Waals surface area contributed by atoms with Gasteiger partial charge in [-0.05, 0) is 64.3 Å². The van der Waals surface area contributed by atoms with Crippen LogP contribution in [0, 0.1) is 0 Å². The zero-order valence-corrected chi connectivity index (χ0v) is 18.5. The smallest absolute Gasteiger partial charge is 0.262 e. The lowest BCUT2D eigenvalue weighted by molar-refractivity contribution is -0.118. The summed E-state index contributed by atoms with van der Waals surface area (Å²) < 4.78 is 38.2. The number of hydrogen-bond donors (Lipinski definition) is 1. The summed E-state index contributed by atoms with van der Waals surface area (Å²) >= 11 is 3.44. The number of rotatable bonds is 7. The first-order valence-electron chi connectivity index (χ1n) is 9.29. The van der Waals surface area contributed by atoms with Gasteiger partial charge in [-0.3, -0.25) is 4.79 Å². The molecular formula is C20H23BrN2O5S. The van der Waals surface area contributed by atoms with E-state index >= 15 is 0 Å². The third kappa shape index (κ3) is 5.57. The summed E-state index contributed by atoms with van der Waals surface area (Å²) in [7, 11) is -3.55. The summed E-state index contributed by atoms with van der Waals surface area (Å²) in [6, 6.07) is 11.8. The normalized spacial score (nSPS) is 15.1. The highest BCUT2D eigenvalue weighted by molar-refractivity contribution is 9.10. The molecule has 29 heavy (non-hydrogen) atoms. The maximum atomic E-state index is 12.6. The van der Waals surface area contributed by atoms with Crippen LogP contribution < -0.4 is 10.1 Å². The van der Waals surface area contributed by atoms with Crippen molar-refractivity contribution in [3.63, 3.8) is 0 Å². The zero-order valence-electron chi connectivity index (χ0n) is 16.1. The van der Waals surface area contributed by atoms with Gasteiger partial charge in [0, 0.05) is 18.8 Å². The molecule has 9 heteroatoms. The molecule has 156 valence electrons. The number of nitrogens with zero attached hydrogens (tertiary/aromatic N) is 1. The summed E-state index contributed by atoms with van der Waals surface area (Å²) in [5.74, 6) is 0.254. The number of amides is 1. The fourth-order valence-corrected chi connectivity index (χ4v) is 4.82. The Balaban J connectivity index is 1.57. The fraction of sp³-hybridized carbons (Fsp3) is 0.350. The van der Waals surface area contributed by atoms with Crippen LogP contribution in [-0.4, -0.2) is 51.5 Å². The SMILES string of the molecule is CCc1ccc(OCC(=O)Nc2ccc(S(=O)(=O)N3CCOCC3)cc2)c(Br)c1. The number of nitrogens with one attached hydrogen (secondary N) is 1. The van der Waals surface area contributed by atoms with E-state index in [0.29, 0.717) is 37.7 Å². The van der Waals surface area contributed by atoms with E-state index < -0.39 is 10.0 Å². The van der Waals surface area contributed by atoms with Crippen molar-refractivity contribution in [3.8, 4) is 5.75 Å². The molecule has 2 aromatic rings. The largest absolute Gasteiger partial charge is 0.483 e. The molecular weight excluding hydrogens is 460 g/mol. The second-order valence-electron chi connectivity index (χ2n) is 6.50. The summed E-state index contributed by atoms with van der Waals surface area (Å²) in [6.07, 6.45) is 0.913. The monoisotopic (exact) mass is 482 g/mol. The molecule has 1 fully saturated rings. The Labute approximate surface area is 179 Å².